The first-order valence-electron chi connectivity index (χ1n) is 5.77. The average molecular weight is 240 g/mol. The van der Waals surface area contributed by atoms with Gasteiger partial charge in [-0.05, 0) is 51.4 Å². The minimum atomic E-state index is -0.618. The third kappa shape index (κ3) is 4.71. The van der Waals surface area contributed by atoms with Crippen molar-refractivity contribution in [1.82, 2.24) is 5.32 Å². The minimum absolute atomic E-state index is 0.0293. The van der Waals surface area contributed by atoms with E-state index in [4.69, 9.17) is 5.73 Å². The molecule has 0 aliphatic rings. The molecular formula is C13H21FN2O. The quantitative estimate of drug-likeness (QED) is 0.707. The van der Waals surface area contributed by atoms with Gasteiger partial charge < -0.3 is 16.2 Å². The Morgan fingerprint density at radius 1 is 1.41 bits per heavy atom. The zero-order chi connectivity index (χ0) is 13.1. The van der Waals surface area contributed by atoms with E-state index in [2.05, 4.69) is 26.1 Å². The van der Waals surface area contributed by atoms with Gasteiger partial charge in [0.2, 0.25) is 0 Å². The Hall–Kier alpha value is -1.13. The molecule has 0 saturated carbocycles. The summed E-state index contributed by atoms with van der Waals surface area (Å²) in [4.78, 5) is 0. The van der Waals surface area contributed by atoms with Gasteiger partial charge in [-0.25, -0.2) is 4.39 Å². The molecule has 0 saturated heterocycles. The van der Waals surface area contributed by atoms with Gasteiger partial charge in [-0.3, -0.25) is 0 Å². The van der Waals surface area contributed by atoms with Crippen LogP contribution in [0.5, 0.6) is 0 Å². The summed E-state index contributed by atoms with van der Waals surface area (Å²) in [6, 6.07) is 4.33. The highest BCUT2D eigenvalue weighted by Gasteiger charge is 2.12. The Morgan fingerprint density at radius 2 is 2.06 bits per heavy atom. The van der Waals surface area contributed by atoms with Crippen LogP contribution in [0.1, 0.15) is 38.9 Å². The number of nitrogens with one attached hydrogen (secondary N) is 1. The summed E-state index contributed by atoms with van der Waals surface area (Å²) < 4.78 is 13.0. The van der Waals surface area contributed by atoms with Gasteiger partial charge in [0.25, 0.3) is 0 Å². The summed E-state index contributed by atoms with van der Waals surface area (Å²) in [5.74, 6) is -0.450. The second-order valence-electron chi connectivity index (χ2n) is 5.26. The lowest BCUT2D eigenvalue weighted by Crippen LogP contribution is -2.36. The number of rotatable bonds is 4. The molecule has 0 fully saturated rings. The summed E-state index contributed by atoms with van der Waals surface area (Å²) in [5, 5.41) is 13.2. The van der Waals surface area contributed by atoms with Crippen LogP contribution in [-0.2, 0) is 0 Å². The molecule has 0 aromatic heterocycles. The molecule has 1 atom stereocenters. The maximum Gasteiger partial charge on any atom is 0.146 e. The fourth-order valence-corrected chi connectivity index (χ4v) is 1.52. The van der Waals surface area contributed by atoms with Crippen molar-refractivity contribution in [2.75, 3.05) is 12.3 Å². The maximum atomic E-state index is 13.0. The van der Waals surface area contributed by atoms with Crippen molar-refractivity contribution in [3.8, 4) is 0 Å². The molecule has 0 radical (unpaired) electrons. The smallest absolute Gasteiger partial charge is 0.146 e. The molecule has 0 bridgehead atoms. The lowest BCUT2D eigenvalue weighted by atomic mass is 10.0. The van der Waals surface area contributed by atoms with Crippen LogP contribution in [0.15, 0.2) is 18.2 Å². The van der Waals surface area contributed by atoms with Crippen molar-refractivity contribution in [2.24, 2.45) is 0 Å². The minimum Gasteiger partial charge on any atom is -0.396 e. The SMILES string of the molecule is CC(C)(C)NCCC(O)c1ccc(F)c(N)c1. The van der Waals surface area contributed by atoms with Crippen LogP contribution in [0, 0.1) is 5.82 Å². The number of halogens is 1. The van der Waals surface area contributed by atoms with Gasteiger partial charge in [0, 0.05) is 5.54 Å². The van der Waals surface area contributed by atoms with Gasteiger partial charge in [-0.2, -0.15) is 0 Å². The summed E-state index contributed by atoms with van der Waals surface area (Å²) in [6.07, 6.45) is -0.0461. The third-order valence-electron chi connectivity index (χ3n) is 2.48. The molecule has 1 aromatic rings. The van der Waals surface area contributed by atoms with Gasteiger partial charge >= 0.3 is 0 Å². The average Bonchev–Trinajstić information content (AvgIpc) is 2.20. The Labute approximate surface area is 102 Å². The van der Waals surface area contributed by atoms with Crippen LogP contribution in [0.3, 0.4) is 0 Å². The Kier molecular flexibility index (Phi) is 4.48. The van der Waals surface area contributed by atoms with E-state index >= 15 is 0 Å². The van der Waals surface area contributed by atoms with Crippen LogP contribution in [-0.4, -0.2) is 17.2 Å². The van der Waals surface area contributed by atoms with Crippen molar-refractivity contribution in [3.05, 3.63) is 29.6 Å². The Balaban J connectivity index is 2.52. The van der Waals surface area contributed by atoms with Crippen LogP contribution < -0.4 is 11.1 Å². The highest BCUT2D eigenvalue weighted by Crippen LogP contribution is 2.20. The lowest BCUT2D eigenvalue weighted by molar-refractivity contribution is 0.163. The van der Waals surface area contributed by atoms with Crippen molar-refractivity contribution in [2.45, 2.75) is 38.8 Å². The Bertz CT molecular complexity index is 374. The fraction of sp³-hybridized carbons (Fsp3) is 0.538. The summed E-state index contributed by atoms with van der Waals surface area (Å²) in [6.45, 7) is 6.89. The number of hydrogen-bond acceptors (Lipinski definition) is 3. The molecule has 1 aromatic carbocycles. The molecule has 1 unspecified atom stereocenters. The molecule has 96 valence electrons. The molecule has 4 heteroatoms. The first kappa shape index (κ1) is 13.9. The van der Waals surface area contributed by atoms with Crippen LogP contribution in [0.4, 0.5) is 10.1 Å². The molecule has 0 amide bonds. The van der Waals surface area contributed by atoms with E-state index in [0.717, 1.165) is 0 Å². The standard InChI is InChI=1S/C13H21FN2O/c1-13(2,3)16-7-6-12(17)9-4-5-10(14)11(15)8-9/h4-5,8,12,16-17H,6-7,15H2,1-3H3. The first-order valence-corrected chi connectivity index (χ1v) is 5.77. The van der Waals surface area contributed by atoms with Crippen molar-refractivity contribution in [1.29, 1.82) is 0 Å². The largest absolute Gasteiger partial charge is 0.396 e. The molecule has 0 aliphatic carbocycles. The lowest BCUT2D eigenvalue weighted by Gasteiger charge is -2.21. The van der Waals surface area contributed by atoms with Crippen LogP contribution in [0.25, 0.3) is 0 Å². The second kappa shape index (κ2) is 5.47. The number of anilines is 1. The second-order valence-corrected chi connectivity index (χ2v) is 5.26. The van der Waals surface area contributed by atoms with E-state index in [-0.39, 0.29) is 11.2 Å². The maximum absolute atomic E-state index is 13.0. The van der Waals surface area contributed by atoms with Crippen molar-refractivity contribution >= 4 is 5.69 Å². The fourth-order valence-electron chi connectivity index (χ4n) is 1.52. The molecule has 17 heavy (non-hydrogen) atoms. The van der Waals surface area contributed by atoms with Crippen LogP contribution >= 0.6 is 0 Å². The van der Waals surface area contributed by atoms with Crippen molar-refractivity contribution in [3.63, 3.8) is 0 Å². The monoisotopic (exact) mass is 240 g/mol. The van der Waals surface area contributed by atoms with Gasteiger partial charge in [0.05, 0.1) is 11.8 Å². The molecule has 0 spiro atoms. The number of hydrogen-bond donors (Lipinski definition) is 3. The molecule has 0 heterocycles. The number of aliphatic hydroxyl groups is 1. The predicted octanol–water partition coefficient (Wildman–Crippen LogP) is 2.22. The zero-order valence-electron chi connectivity index (χ0n) is 10.6. The zero-order valence-corrected chi connectivity index (χ0v) is 10.6. The summed E-state index contributed by atoms with van der Waals surface area (Å²) >= 11 is 0. The predicted molar refractivity (Wildman–Crippen MR) is 68.1 cm³/mol. The molecule has 1 rings (SSSR count). The number of nitrogen functional groups attached to an aromatic ring is 1. The normalized spacial score (nSPS) is 13.7. The summed E-state index contributed by atoms with van der Waals surface area (Å²) in [5.41, 5.74) is 6.21. The molecule has 0 aliphatic heterocycles. The first-order chi connectivity index (χ1) is 7.79. The molecular weight excluding hydrogens is 219 g/mol. The highest BCUT2D eigenvalue weighted by atomic mass is 19.1. The van der Waals surface area contributed by atoms with Gasteiger partial charge in [-0.1, -0.05) is 6.07 Å². The molecule has 4 N–H and O–H groups in total. The van der Waals surface area contributed by atoms with Crippen molar-refractivity contribution < 1.29 is 9.50 Å². The Morgan fingerprint density at radius 3 is 2.59 bits per heavy atom. The van der Waals surface area contributed by atoms with Gasteiger partial charge in [0.15, 0.2) is 0 Å². The van der Waals surface area contributed by atoms with E-state index in [0.29, 0.717) is 18.5 Å². The van der Waals surface area contributed by atoms with E-state index in [9.17, 15) is 9.50 Å². The van der Waals surface area contributed by atoms with E-state index in [1.54, 1.807) is 6.07 Å². The van der Waals surface area contributed by atoms with E-state index < -0.39 is 11.9 Å². The van der Waals surface area contributed by atoms with E-state index in [1.165, 1.54) is 12.1 Å². The van der Waals surface area contributed by atoms with Gasteiger partial charge in [0.1, 0.15) is 5.82 Å². The number of aliphatic hydroxyl groups excluding tert-OH is 1. The highest BCUT2D eigenvalue weighted by molar-refractivity contribution is 5.43. The topological polar surface area (TPSA) is 58.3 Å². The van der Waals surface area contributed by atoms with E-state index in [1.807, 2.05) is 0 Å². The third-order valence-corrected chi connectivity index (χ3v) is 2.48. The molecule has 3 nitrogen and oxygen atoms in total. The number of nitrogens with two attached hydrogens (primary N) is 1. The van der Waals surface area contributed by atoms with Crippen LogP contribution in [0.2, 0.25) is 0 Å². The van der Waals surface area contributed by atoms with Gasteiger partial charge in [-0.15, -0.1) is 0 Å². The summed E-state index contributed by atoms with van der Waals surface area (Å²) in [7, 11) is 0. The number of benzene rings is 1.